The number of carbonyl (C=O) groups excluding carboxylic acids is 2. The topological polar surface area (TPSA) is 129 Å². The molecule has 1 fully saturated rings. The lowest BCUT2D eigenvalue weighted by molar-refractivity contribution is -0.155. The molecule has 218 valence electrons. The standard InChI is InChI=1S/C30H37N3O7Si/c1-6-38-28(36)27(35)31-23-17-25(33-18-20(2)26(34)32-29(33)37)40-24(23)19-39-41(30(3,4)5,21-13-9-7-10-14-21)22-15-11-8-12-16-22/h7-16,18,23-25H,6,17,19H2,1-5H3,(H,31,35)(H,32,34,37)/t23-,24+,25+/m0/s1. The molecule has 2 heterocycles. The maximum Gasteiger partial charge on any atom is 0.396 e. The molecular formula is C30H37N3O7Si. The van der Waals surface area contributed by atoms with Gasteiger partial charge in [0.1, 0.15) is 12.3 Å². The van der Waals surface area contributed by atoms with Gasteiger partial charge in [-0.3, -0.25) is 19.1 Å². The fraction of sp³-hybridized carbons (Fsp3) is 0.400. The lowest BCUT2D eigenvalue weighted by Crippen LogP contribution is -2.67. The fourth-order valence-corrected chi connectivity index (χ4v) is 9.97. The van der Waals surface area contributed by atoms with Crippen LogP contribution >= 0.6 is 0 Å². The molecule has 3 atom stereocenters. The Morgan fingerprint density at radius 3 is 2.17 bits per heavy atom. The number of esters is 1. The first-order valence-electron chi connectivity index (χ1n) is 13.7. The van der Waals surface area contributed by atoms with Crippen molar-refractivity contribution in [1.82, 2.24) is 14.9 Å². The van der Waals surface area contributed by atoms with Crippen LogP contribution in [0.25, 0.3) is 0 Å². The molecule has 2 aromatic carbocycles. The number of hydrogen-bond acceptors (Lipinski definition) is 7. The highest BCUT2D eigenvalue weighted by atomic mass is 28.4. The van der Waals surface area contributed by atoms with Crippen molar-refractivity contribution in [2.24, 2.45) is 0 Å². The minimum Gasteiger partial charge on any atom is -0.459 e. The van der Waals surface area contributed by atoms with Crippen LogP contribution < -0.4 is 26.9 Å². The van der Waals surface area contributed by atoms with Gasteiger partial charge in [0.2, 0.25) is 0 Å². The maximum atomic E-state index is 12.7. The Bertz CT molecular complexity index is 1440. The van der Waals surface area contributed by atoms with Gasteiger partial charge in [-0.25, -0.2) is 9.59 Å². The average Bonchev–Trinajstić information content (AvgIpc) is 3.33. The number of aromatic amines is 1. The van der Waals surface area contributed by atoms with Gasteiger partial charge in [-0.15, -0.1) is 0 Å². The molecule has 11 heteroatoms. The highest BCUT2D eigenvalue weighted by Gasteiger charge is 2.51. The molecule has 1 aromatic heterocycles. The van der Waals surface area contributed by atoms with Crippen LogP contribution in [-0.4, -0.2) is 55.1 Å². The molecule has 3 aromatic rings. The first-order valence-corrected chi connectivity index (χ1v) is 15.6. The Morgan fingerprint density at radius 2 is 1.63 bits per heavy atom. The summed E-state index contributed by atoms with van der Waals surface area (Å²) >= 11 is 0. The minimum atomic E-state index is -2.95. The van der Waals surface area contributed by atoms with E-state index in [2.05, 4.69) is 55.3 Å². The zero-order valence-corrected chi connectivity index (χ0v) is 25.0. The number of benzene rings is 2. The zero-order valence-electron chi connectivity index (χ0n) is 24.0. The summed E-state index contributed by atoms with van der Waals surface area (Å²) in [6.07, 6.45) is 0.0877. The number of aromatic nitrogens is 2. The van der Waals surface area contributed by atoms with Gasteiger partial charge in [0, 0.05) is 18.2 Å². The molecule has 0 unspecified atom stereocenters. The van der Waals surface area contributed by atoms with Crippen molar-refractivity contribution < 1.29 is 23.5 Å². The van der Waals surface area contributed by atoms with Gasteiger partial charge in [0.15, 0.2) is 0 Å². The third-order valence-electron chi connectivity index (χ3n) is 7.35. The first kappa shape index (κ1) is 30.2. The van der Waals surface area contributed by atoms with Gasteiger partial charge in [0.05, 0.1) is 19.3 Å². The van der Waals surface area contributed by atoms with Gasteiger partial charge in [0.25, 0.3) is 13.9 Å². The van der Waals surface area contributed by atoms with E-state index in [9.17, 15) is 19.2 Å². The van der Waals surface area contributed by atoms with E-state index in [1.165, 1.54) is 10.8 Å². The Morgan fingerprint density at radius 1 is 1.05 bits per heavy atom. The van der Waals surface area contributed by atoms with E-state index in [1.54, 1.807) is 13.8 Å². The normalized spacial score (nSPS) is 19.1. The van der Waals surface area contributed by atoms with Crippen molar-refractivity contribution in [3.05, 3.63) is 93.3 Å². The zero-order chi connectivity index (χ0) is 29.8. The summed E-state index contributed by atoms with van der Waals surface area (Å²) in [6, 6.07) is 19.5. The molecular weight excluding hydrogens is 542 g/mol. The maximum absolute atomic E-state index is 12.7. The van der Waals surface area contributed by atoms with Crippen LogP contribution in [-0.2, 0) is 23.5 Å². The second-order valence-electron chi connectivity index (χ2n) is 11.1. The lowest BCUT2D eigenvalue weighted by Gasteiger charge is -2.43. The molecule has 0 bridgehead atoms. The average molecular weight is 580 g/mol. The molecule has 0 aliphatic carbocycles. The second-order valence-corrected chi connectivity index (χ2v) is 15.4. The quantitative estimate of drug-likeness (QED) is 0.236. The summed E-state index contributed by atoms with van der Waals surface area (Å²) in [7, 11) is -2.95. The molecule has 0 saturated carbocycles. The summed E-state index contributed by atoms with van der Waals surface area (Å²) in [4.78, 5) is 51.7. The number of ether oxygens (including phenoxy) is 2. The summed E-state index contributed by atoms with van der Waals surface area (Å²) in [6.45, 7) is 9.80. The lowest BCUT2D eigenvalue weighted by atomic mass is 10.1. The number of rotatable bonds is 8. The third kappa shape index (κ3) is 6.27. The number of amides is 1. The molecule has 4 rings (SSSR count). The van der Waals surface area contributed by atoms with Crippen LogP contribution in [0.5, 0.6) is 0 Å². The van der Waals surface area contributed by atoms with Gasteiger partial charge in [-0.1, -0.05) is 81.4 Å². The van der Waals surface area contributed by atoms with E-state index >= 15 is 0 Å². The van der Waals surface area contributed by atoms with Crippen molar-refractivity contribution >= 4 is 30.6 Å². The monoisotopic (exact) mass is 579 g/mol. The molecule has 41 heavy (non-hydrogen) atoms. The minimum absolute atomic E-state index is 0.0580. The van der Waals surface area contributed by atoms with Crippen molar-refractivity contribution in [1.29, 1.82) is 0 Å². The van der Waals surface area contributed by atoms with Crippen LogP contribution in [0.4, 0.5) is 0 Å². The van der Waals surface area contributed by atoms with Gasteiger partial charge >= 0.3 is 17.6 Å². The Labute approximate surface area is 239 Å². The predicted octanol–water partition coefficient (Wildman–Crippen LogP) is 1.76. The summed E-state index contributed by atoms with van der Waals surface area (Å²) in [5.74, 6) is -1.90. The molecule has 0 spiro atoms. The molecule has 0 radical (unpaired) electrons. The SMILES string of the molecule is CCOC(=O)C(=O)N[C@H]1C[C@H](n2cc(C)c(=O)[nH]c2=O)O[C@@H]1CO[Si](c1ccccc1)(c1ccccc1)C(C)(C)C. The van der Waals surface area contributed by atoms with E-state index in [4.69, 9.17) is 13.9 Å². The van der Waals surface area contributed by atoms with Gasteiger partial charge < -0.3 is 19.2 Å². The van der Waals surface area contributed by atoms with E-state index in [0.717, 1.165) is 10.4 Å². The van der Waals surface area contributed by atoms with Crippen LogP contribution in [0.2, 0.25) is 5.04 Å². The van der Waals surface area contributed by atoms with Crippen LogP contribution in [0, 0.1) is 6.92 Å². The third-order valence-corrected chi connectivity index (χ3v) is 12.4. The Hall–Kier alpha value is -3.80. The number of nitrogens with one attached hydrogen (secondary N) is 2. The molecule has 2 N–H and O–H groups in total. The van der Waals surface area contributed by atoms with Crippen LogP contribution in [0.1, 0.15) is 45.9 Å². The summed E-state index contributed by atoms with van der Waals surface area (Å²) in [5.41, 5.74) is -0.773. The molecule has 1 aliphatic rings. The molecule has 1 aliphatic heterocycles. The first-order chi connectivity index (χ1) is 19.5. The summed E-state index contributed by atoms with van der Waals surface area (Å²) in [5, 5.41) is 4.58. The highest BCUT2D eigenvalue weighted by molar-refractivity contribution is 6.99. The van der Waals surface area contributed by atoms with Crippen LogP contribution in [0.15, 0.2) is 76.4 Å². The van der Waals surface area contributed by atoms with Crippen molar-refractivity contribution in [3.8, 4) is 0 Å². The van der Waals surface area contributed by atoms with Gasteiger partial charge in [-0.05, 0) is 29.3 Å². The highest BCUT2D eigenvalue weighted by Crippen LogP contribution is 2.38. The largest absolute Gasteiger partial charge is 0.459 e. The van der Waals surface area contributed by atoms with Crippen molar-refractivity contribution in [2.75, 3.05) is 13.2 Å². The Balaban J connectivity index is 1.72. The van der Waals surface area contributed by atoms with Crippen molar-refractivity contribution in [3.63, 3.8) is 0 Å². The number of nitrogens with zero attached hydrogens (tertiary/aromatic N) is 1. The number of aryl methyl sites for hydroxylation is 1. The van der Waals surface area contributed by atoms with E-state index in [0.29, 0.717) is 5.56 Å². The molecule has 10 nitrogen and oxygen atoms in total. The van der Waals surface area contributed by atoms with Gasteiger partial charge in [-0.2, -0.15) is 0 Å². The fourth-order valence-electron chi connectivity index (χ4n) is 5.40. The predicted molar refractivity (Wildman–Crippen MR) is 157 cm³/mol. The number of H-pyrrole nitrogens is 1. The van der Waals surface area contributed by atoms with E-state index in [1.807, 2.05) is 36.4 Å². The number of carbonyl (C=O) groups is 2. The molecule has 1 saturated heterocycles. The second kappa shape index (κ2) is 12.4. The van der Waals surface area contributed by atoms with E-state index < -0.39 is 49.8 Å². The summed E-state index contributed by atoms with van der Waals surface area (Å²) < 4.78 is 19.5. The van der Waals surface area contributed by atoms with E-state index in [-0.39, 0.29) is 24.7 Å². The smallest absolute Gasteiger partial charge is 0.396 e. The molecule has 1 amide bonds. The Kier molecular flexibility index (Phi) is 9.10. The van der Waals surface area contributed by atoms with Crippen LogP contribution in [0.3, 0.4) is 0 Å². The van der Waals surface area contributed by atoms with Crippen molar-refractivity contribution in [2.45, 2.75) is 64.5 Å². The number of hydrogen-bond donors (Lipinski definition) is 2.